The van der Waals surface area contributed by atoms with Crippen molar-refractivity contribution in [1.29, 1.82) is 0 Å². The molecule has 0 saturated carbocycles. The highest BCUT2D eigenvalue weighted by Crippen LogP contribution is 2.37. The van der Waals surface area contributed by atoms with E-state index in [-0.39, 0.29) is 12.7 Å². The van der Waals surface area contributed by atoms with E-state index in [1.54, 1.807) is 17.9 Å². The standard InChI is InChI=1S/C17H19ClN4O4/c1-11-19-16(26-20-11)9-22-5-4-21(3-2-17(22)23)8-12-6-14-15(7-13(12)18)25-10-24-14/h6-7H,2-5,8-10H2,1H3. The minimum atomic E-state index is 0.0835. The monoisotopic (exact) mass is 378 g/mol. The number of fused-ring (bicyclic) bond motifs is 1. The number of hydrogen-bond acceptors (Lipinski definition) is 7. The first-order chi connectivity index (χ1) is 12.6. The van der Waals surface area contributed by atoms with Crippen LogP contribution in [0.1, 0.15) is 23.7 Å². The number of aromatic nitrogens is 2. The van der Waals surface area contributed by atoms with Gasteiger partial charge < -0.3 is 18.9 Å². The lowest BCUT2D eigenvalue weighted by molar-refractivity contribution is -0.131. The minimum absolute atomic E-state index is 0.0835. The van der Waals surface area contributed by atoms with Crippen molar-refractivity contribution in [3.05, 3.63) is 34.4 Å². The first-order valence-electron chi connectivity index (χ1n) is 8.46. The van der Waals surface area contributed by atoms with Gasteiger partial charge in [-0.05, 0) is 18.6 Å². The Morgan fingerprint density at radius 2 is 1.96 bits per heavy atom. The Morgan fingerprint density at radius 3 is 2.73 bits per heavy atom. The quantitative estimate of drug-likeness (QED) is 0.804. The zero-order valence-electron chi connectivity index (χ0n) is 14.4. The first-order valence-corrected chi connectivity index (χ1v) is 8.83. The average molecular weight is 379 g/mol. The molecule has 3 heterocycles. The number of rotatable bonds is 4. The predicted octanol–water partition coefficient (Wildman–Crippen LogP) is 1.99. The van der Waals surface area contributed by atoms with Gasteiger partial charge in [-0.15, -0.1) is 0 Å². The van der Waals surface area contributed by atoms with Crippen molar-refractivity contribution in [3.8, 4) is 11.5 Å². The maximum Gasteiger partial charge on any atom is 0.246 e. The van der Waals surface area contributed by atoms with Gasteiger partial charge in [0.05, 0.1) is 0 Å². The maximum atomic E-state index is 12.4. The summed E-state index contributed by atoms with van der Waals surface area (Å²) in [4.78, 5) is 20.5. The van der Waals surface area contributed by atoms with Crippen molar-refractivity contribution in [1.82, 2.24) is 19.9 Å². The molecule has 2 aliphatic rings. The van der Waals surface area contributed by atoms with E-state index in [1.807, 2.05) is 6.07 Å². The fourth-order valence-electron chi connectivity index (χ4n) is 3.12. The number of nitrogens with zero attached hydrogens (tertiary/aromatic N) is 4. The van der Waals surface area contributed by atoms with Gasteiger partial charge in [-0.2, -0.15) is 4.98 Å². The number of halogens is 1. The Balaban J connectivity index is 1.41. The number of carbonyl (C=O) groups is 1. The molecular weight excluding hydrogens is 360 g/mol. The van der Waals surface area contributed by atoms with Gasteiger partial charge in [-0.3, -0.25) is 9.69 Å². The molecule has 138 valence electrons. The summed E-state index contributed by atoms with van der Waals surface area (Å²) in [6.07, 6.45) is 0.440. The molecule has 4 rings (SSSR count). The van der Waals surface area contributed by atoms with E-state index >= 15 is 0 Å². The first kappa shape index (κ1) is 17.1. The maximum absolute atomic E-state index is 12.4. The van der Waals surface area contributed by atoms with Crippen LogP contribution >= 0.6 is 11.6 Å². The average Bonchev–Trinajstić information content (AvgIpc) is 3.19. The van der Waals surface area contributed by atoms with Gasteiger partial charge in [0, 0.05) is 43.7 Å². The minimum Gasteiger partial charge on any atom is -0.454 e. The van der Waals surface area contributed by atoms with Gasteiger partial charge in [0.15, 0.2) is 17.3 Å². The lowest BCUT2D eigenvalue weighted by atomic mass is 10.2. The molecule has 1 fully saturated rings. The zero-order chi connectivity index (χ0) is 18.1. The molecule has 9 heteroatoms. The number of aryl methyl sites for hydroxylation is 1. The molecule has 2 aromatic rings. The van der Waals surface area contributed by atoms with Crippen molar-refractivity contribution < 1.29 is 18.8 Å². The third-order valence-electron chi connectivity index (χ3n) is 4.51. The smallest absolute Gasteiger partial charge is 0.246 e. The predicted molar refractivity (Wildman–Crippen MR) is 91.9 cm³/mol. The van der Waals surface area contributed by atoms with E-state index in [4.69, 9.17) is 25.6 Å². The summed E-state index contributed by atoms with van der Waals surface area (Å²) in [6.45, 7) is 4.98. The van der Waals surface area contributed by atoms with Crippen LogP contribution in [0.4, 0.5) is 0 Å². The lowest BCUT2D eigenvalue weighted by Gasteiger charge is -2.21. The molecule has 0 bridgehead atoms. The molecule has 0 spiro atoms. The molecule has 0 N–H and O–H groups in total. The Hall–Kier alpha value is -2.32. The number of ether oxygens (including phenoxy) is 2. The Labute approximate surface area is 155 Å². The van der Waals surface area contributed by atoms with E-state index in [0.29, 0.717) is 60.8 Å². The molecule has 1 aromatic heterocycles. The summed E-state index contributed by atoms with van der Waals surface area (Å²) < 4.78 is 15.9. The highest BCUT2D eigenvalue weighted by molar-refractivity contribution is 6.31. The van der Waals surface area contributed by atoms with E-state index in [9.17, 15) is 4.79 Å². The van der Waals surface area contributed by atoms with Crippen LogP contribution in [0.15, 0.2) is 16.7 Å². The van der Waals surface area contributed by atoms with Crippen LogP contribution in [-0.2, 0) is 17.9 Å². The van der Waals surface area contributed by atoms with Gasteiger partial charge in [-0.1, -0.05) is 16.8 Å². The van der Waals surface area contributed by atoms with E-state index < -0.39 is 0 Å². The van der Waals surface area contributed by atoms with E-state index in [1.165, 1.54) is 0 Å². The van der Waals surface area contributed by atoms with Crippen LogP contribution in [0.5, 0.6) is 11.5 Å². The highest BCUT2D eigenvalue weighted by atomic mass is 35.5. The number of hydrogen-bond donors (Lipinski definition) is 0. The van der Waals surface area contributed by atoms with Crippen LogP contribution < -0.4 is 9.47 Å². The van der Waals surface area contributed by atoms with Crippen molar-refractivity contribution in [2.75, 3.05) is 26.4 Å². The fourth-order valence-corrected chi connectivity index (χ4v) is 3.34. The van der Waals surface area contributed by atoms with Crippen molar-refractivity contribution in [3.63, 3.8) is 0 Å². The summed E-state index contributed by atoms with van der Waals surface area (Å²) in [7, 11) is 0. The molecule has 26 heavy (non-hydrogen) atoms. The number of carbonyl (C=O) groups excluding carboxylic acids is 1. The van der Waals surface area contributed by atoms with Crippen LogP contribution in [0.3, 0.4) is 0 Å². The lowest BCUT2D eigenvalue weighted by Crippen LogP contribution is -2.32. The Bertz CT molecular complexity index is 825. The van der Waals surface area contributed by atoms with Crippen LogP contribution in [-0.4, -0.2) is 52.3 Å². The molecule has 1 aromatic carbocycles. The van der Waals surface area contributed by atoms with Crippen molar-refractivity contribution in [2.45, 2.75) is 26.4 Å². The van der Waals surface area contributed by atoms with E-state index in [2.05, 4.69) is 15.0 Å². The SMILES string of the molecule is Cc1noc(CN2CCN(Cc3cc4c(cc3Cl)OCO4)CCC2=O)n1. The van der Waals surface area contributed by atoms with Gasteiger partial charge in [-0.25, -0.2) is 0 Å². The molecule has 2 aliphatic heterocycles. The highest BCUT2D eigenvalue weighted by Gasteiger charge is 2.24. The topological polar surface area (TPSA) is 80.9 Å². The summed E-state index contributed by atoms with van der Waals surface area (Å²) in [5, 5.41) is 4.41. The van der Waals surface area contributed by atoms with E-state index in [0.717, 1.165) is 12.1 Å². The van der Waals surface area contributed by atoms with Gasteiger partial charge in [0.1, 0.15) is 6.54 Å². The molecule has 8 nitrogen and oxygen atoms in total. The molecule has 0 atom stereocenters. The second-order valence-corrected chi connectivity index (χ2v) is 6.78. The normalized spacial score (nSPS) is 17.6. The second kappa shape index (κ2) is 7.13. The fraction of sp³-hybridized carbons (Fsp3) is 0.471. The third-order valence-corrected chi connectivity index (χ3v) is 4.86. The second-order valence-electron chi connectivity index (χ2n) is 6.37. The summed E-state index contributed by atoms with van der Waals surface area (Å²) in [5.74, 6) is 2.50. The summed E-state index contributed by atoms with van der Waals surface area (Å²) >= 11 is 6.37. The van der Waals surface area contributed by atoms with Crippen LogP contribution in [0.25, 0.3) is 0 Å². The Kier molecular flexibility index (Phi) is 4.69. The van der Waals surface area contributed by atoms with Gasteiger partial charge >= 0.3 is 0 Å². The van der Waals surface area contributed by atoms with Crippen molar-refractivity contribution >= 4 is 17.5 Å². The van der Waals surface area contributed by atoms with Crippen LogP contribution in [0, 0.1) is 6.92 Å². The molecular formula is C17H19ClN4O4. The van der Waals surface area contributed by atoms with Crippen LogP contribution in [0.2, 0.25) is 5.02 Å². The zero-order valence-corrected chi connectivity index (χ0v) is 15.2. The largest absolute Gasteiger partial charge is 0.454 e. The summed E-state index contributed by atoms with van der Waals surface area (Å²) in [6, 6.07) is 3.70. The number of benzene rings is 1. The van der Waals surface area contributed by atoms with Gasteiger partial charge in [0.2, 0.25) is 18.6 Å². The molecule has 0 unspecified atom stereocenters. The molecule has 0 radical (unpaired) electrons. The molecule has 1 amide bonds. The third kappa shape index (κ3) is 3.61. The summed E-state index contributed by atoms with van der Waals surface area (Å²) in [5.41, 5.74) is 0.962. The van der Waals surface area contributed by atoms with Gasteiger partial charge in [0.25, 0.3) is 0 Å². The molecule has 1 saturated heterocycles. The number of amides is 1. The molecule has 0 aliphatic carbocycles. The van der Waals surface area contributed by atoms with Crippen molar-refractivity contribution in [2.24, 2.45) is 0 Å². The Morgan fingerprint density at radius 1 is 1.15 bits per heavy atom.